The van der Waals surface area contributed by atoms with Gasteiger partial charge in [0.05, 0.1) is 29.1 Å². The number of ether oxygens (including phenoxy) is 1. The SMILES string of the molecule is COc1ccc(C(C=C(N)C(F)I)=Nc2ccc(S(N)(=O)=O)cc2)cc1F. The van der Waals surface area contributed by atoms with Crippen molar-refractivity contribution >= 4 is 44.0 Å². The lowest BCUT2D eigenvalue weighted by atomic mass is 10.1. The molecular weight excluding hydrogens is 491 g/mol. The van der Waals surface area contributed by atoms with Gasteiger partial charge < -0.3 is 10.5 Å². The molecule has 0 aliphatic carbocycles. The quantitative estimate of drug-likeness (QED) is 0.356. The third kappa shape index (κ3) is 5.71. The van der Waals surface area contributed by atoms with Crippen molar-refractivity contribution in [2.24, 2.45) is 15.9 Å². The Morgan fingerprint density at radius 3 is 2.37 bits per heavy atom. The number of methoxy groups -OCH3 is 1. The maximum atomic E-state index is 14.0. The van der Waals surface area contributed by atoms with Crippen LogP contribution in [0, 0.1) is 5.82 Å². The van der Waals surface area contributed by atoms with Gasteiger partial charge in [-0.15, -0.1) is 0 Å². The highest BCUT2D eigenvalue weighted by atomic mass is 127. The van der Waals surface area contributed by atoms with E-state index in [0.29, 0.717) is 11.3 Å². The molecule has 0 aliphatic rings. The van der Waals surface area contributed by atoms with Gasteiger partial charge in [-0.25, -0.2) is 27.3 Å². The number of nitrogens with two attached hydrogens (primary N) is 2. The Morgan fingerprint density at radius 2 is 1.89 bits per heavy atom. The lowest BCUT2D eigenvalue weighted by Gasteiger charge is -2.08. The molecule has 27 heavy (non-hydrogen) atoms. The number of allylic oxidation sites excluding steroid dienone is 2. The number of aliphatic imine (C=N–C) groups is 1. The van der Waals surface area contributed by atoms with Gasteiger partial charge in [-0.2, -0.15) is 0 Å². The van der Waals surface area contributed by atoms with Crippen molar-refractivity contribution in [3.8, 4) is 5.75 Å². The first-order chi connectivity index (χ1) is 12.6. The van der Waals surface area contributed by atoms with E-state index < -0.39 is 20.0 Å². The molecule has 144 valence electrons. The molecule has 0 aliphatic heterocycles. The maximum absolute atomic E-state index is 14.0. The first-order valence-corrected chi connectivity index (χ1v) is 10.2. The van der Waals surface area contributed by atoms with E-state index in [2.05, 4.69) is 4.99 Å². The average molecular weight is 507 g/mol. The number of primary sulfonamides is 1. The number of hydrogen-bond acceptors (Lipinski definition) is 5. The van der Waals surface area contributed by atoms with Crippen LogP contribution in [-0.4, -0.2) is 25.4 Å². The van der Waals surface area contributed by atoms with Crippen molar-refractivity contribution in [1.29, 1.82) is 0 Å². The highest BCUT2D eigenvalue weighted by Gasteiger charge is 2.12. The van der Waals surface area contributed by atoms with Crippen molar-refractivity contribution < 1.29 is 21.9 Å². The molecule has 0 bridgehead atoms. The molecule has 2 aromatic carbocycles. The molecular formula is C17H16F2IN3O3S. The molecule has 1 atom stereocenters. The second-order valence-electron chi connectivity index (χ2n) is 5.33. The fourth-order valence-electron chi connectivity index (χ4n) is 2.08. The fraction of sp³-hybridized carbons (Fsp3) is 0.118. The number of halogens is 3. The molecule has 10 heteroatoms. The minimum atomic E-state index is -3.84. The van der Waals surface area contributed by atoms with Crippen molar-refractivity contribution in [2.75, 3.05) is 7.11 Å². The Kier molecular flexibility index (Phi) is 6.89. The number of hydrogen-bond donors (Lipinski definition) is 2. The van der Waals surface area contributed by atoms with Gasteiger partial charge in [-0.3, -0.25) is 0 Å². The lowest BCUT2D eigenvalue weighted by molar-refractivity contribution is 0.386. The molecule has 2 aromatic rings. The van der Waals surface area contributed by atoms with Gasteiger partial charge in [0.2, 0.25) is 10.0 Å². The summed E-state index contributed by atoms with van der Waals surface area (Å²) < 4.78 is 53.6. The molecule has 0 saturated heterocycles. The van der Waals surface area contributed by atoms with Gasteiger partial charge in [-0.1, -0.05) is 0 Å². The molecule has 6 nitrogen and oxygen atoms in total. The Morgan fingerprint density at radius 1 is 1.26 bits per heavy atom. The summed E-state index contributed by atoms with van der Waals surface area (Å²) in [6, 6.07) is 9.53. The van der Waals surface area contributed by atoms with Crippen LogP contribution in [0.25, 0.3) is 0 Å². The molecule has 0 amide bonds. The molecule has 0 aromatic heterocycles. The summed E-state index contributed by atoms with van der Waals surface area (Å²) in [7, 11) is -2.50. The van der Waals surface area contributed by atoms with Crippen LogP contribution in [0.1, 0.15) is 5.56 Å². The fourth-order valence-corrected chi connectivity index (χ4v) is 2.77. The Labute approximate surface area is 169 Å². The molecule has 0 radical (unpaired) electrons. The van der Waals surface area contributed by atoms with Crippen molar-refractivity contribution in [3.63, 3.8) is 0 Å². The van der Waals surface area contributed by atoms with E-state index in [0.717, 1.165) is 0 Å². The van der Waals surface area contributed by atoms with Crippen LogP contribution in [0.15, 0.2) is 64.1 Å². The number of alkyl halides is 2. The van der Waals surface area contributed by atoms with Gasteiger partial charge in [0.15, 0.2) is 15.7 Å². The molecule has 0 fully saturated rings. The van der Waals surface area contributed by atoms with Gasteiger partial charge in [0.25, 0.3) is 0 Å². The molecule has 0 heterocycles. The van der Waals surface area contributed by atoms with Crippen LogP contribution in [0.3, 0.4) is 0 Å². The first kappa shape index (κ1) is 21.3. The van der Waals surface area contributed by atoms with Crippen LogP contribution in [0.4, 0.5) is 14.5 Å². The molecule has 0 spiro atoms. The normalized spacial score (nSPS) is 14.1. The topological polar surface area (TPSA) is 108 Å². The summed E-state index contributed by atoms with van der Waals surface area (Å²) in [5.41, 5.74) is 6.44. The van der Waals surface area contributed by atoms with E-state index in [4.69, 9.17) is 15.6 Å². The Bertz CT molecular complexity index is 991. The Hall–Kier alpha value is -2.05. The first-order valence-electron chi connectivity index (χ1n) is 7.42. The third-order valence-electron chi connectivity index (χ3n) is 3.42. The van der Waals surface area contributed by atoms with Crippen LogP contribution in [-0.2, 0) is 10.0 Å². The minimum Gasteiger partial charge on any atom is -0.494 e. The third-order valence-corrected chi connectivity index (χ3v) is 5.07. The van der Waals surface area contributed by atoms with Gasteiger partial charge >= 0.3 is 0 Å². The zero-order valence-electron chi connectivity index (χ0n) is 14.1. The predicted molar refractivity (Wildman–Crippen MR) is 108 cm³/mol. The van der Waals surface area contributed by atoms with E-state index >= 15 is 0 Å². The van der Waals surface area contributed by atoms with Gasteiger partial charge in [0, 0.05) is 5.56 Å². The number of rotatable bonds is 6. The second kappa shape index (κ2) is 8.76. The highest BCUT2D eigenvalue weighted by Crippen LogP contribution is 2.22. The standard InChI is InChI=1S/C17H16F2IN3O3S/c1-26-16-7-2-10(8-13(16)18)15(9-14(21)17(19)20)23-11-3-5-12(6-4-11)27(22,24)25/h2-9,17H,21H2,1H3,(H2,22,24,25). The van der Waals surface area contributed by atoms with E-state index in [1.165, 1.54) is 72.2 Å². The largest absolute Gasteiger partial charge is 0.494 e. The highest BCUT2D eigenvalue weighted by molar-refractivity contribution is 14.1. The summed E-state index contributed by atoms with van der Waals surface area (Å²) in [5.74, 6) is -0.574. The van der Waals surface area contributed by atoms with Gasteiger partial charge in [0.1, 0.15) is 0 Å². The molecule has 0 saturated carbocycles. The van der Waals surface area contributed by atoms with E-state index in [1.54, 1.807) is 6.07 Å². The molecule has 1 unspecified atom stereocenters. The minimum absolute atomic E-state index is 0.0461. The zero-order valence-corrected chi connectivity index (χ0v) is 17.0. The van der Waals surface area contributed by atoms with Crippen LogP contribution in [0.5, 0.6) is 5.75 Å². The summed E-state index contributed by atoms with van der Waals surface area (Å²) in [6.45, 7) is 0. The lowest BCUT2D eigenvalue weighted by Crippen LogP contribution is -2.11. The number of sulfonamides is 1. The summed E-state index contributed by atoms with van der Waals surface area (Å²) in [5, 5.41) is 5.06. The van der Waals surface area contributed by atoms with Crippen molar-refractivity contribution in [3.05, 3.63) is 65.6 Å². The number of benzene rings is 2. The molecule has 2 rings (SSSR count). The van der Waals surface area contributed by atoms with Crippen LogP contribution >= 0.6 is 22.6 Å². The summed E-state index contributed by atoms with van der Waals surface area (Å²) >= 11 is 1.49. The number of nitrogens with zero attached hydrogens (tertiary/aromatic N) is 1. The second-order valence-corrected chi connectivity index (χ2v) is 7.99. The maximum Gasteiger partial charge on any atom is 0.238 e. The average Bonchev–Trinajstić information content (AvgIpc) is 2.60. The zero-order chi connectivity index (χ0) is 20.2. The van der Waals surface area contributed by atoms with E-state index in [1.807, 2.05) is 0 Å². The van der Waals surface area contributed by atoms with Crippen LogP contribution in [0.2, 0.25) is 0 Å². The summed E-state index contributed by atoms with van der Waals surface area (Å²) in [6.07, 6.45) is 1.28. The molecule has 4 N–H and O–H groups in total. The van der Waals surface area contributed by atoms with Gasteiger partial charge in [-0.05, 0) is 71.1 Å². The smallest absolute Gasteiger partial charge is 0.238 e. The monoisotopic (exact) mass is 507 g/mol. The van der Waals surface area contributed by atoms with Crippen LogP contribution < -0.4 is 15.6 Å². The summed E-state index contributed by atoms with van der Waals surface area (Å²) in [4.78, 5) is 4.24. The Balaban J connectivity index is 2.54. The van der Waals surface area contributed by atoms with Crippen molar-refractivity contribution in [1.82, 2.24) is 0 Å². The van der Waals surface area contributed by atoms with Crippen molar-refractivity contribution in [2.45, 2.75) is 9.07 Å². The van der Waals surface area contributed by atoms with E-state index in [-0.39, 0.29) is 22.1 Å². The van der Waals surface area contributed by atoms with E-state index in [9.17, 15) is 17.2 Å². The predicted octanol–water partition coefficient (Wildman–Crippen LogP) is 3.18.